The number of carbonyl (C=O) groups excluding carboxylic acids is 2. The van der Waals surface area contributed by atoms with Gasteiger partial charge in [0.25, 0.3) is 5.91 Å². The number of nitrogens with two attached hydrogens (primary N) is 1. The maximum Gasteiger partial charge on any atom is 0.257 e. The van der Waals surface area contributed by atoms with Crippen LogP contribution in [0.5, 0.6) is 0 Å². The molecule has 4 N–H and O–H groups in total. The molecule has 2 amide bonds. The summed E-state index contributed by atoms with van der Waals surface area (Å²) in [6.45, 7) is 0. The lowest BCUT2D eigenvalue weighted by Gasteiger charge is -2.07. The summed E-state index contributed by atoms with van der Waals surface area (Å²) in [5, 5.41) is 4.05. The number of H-pyrrole nitrogens is 1. The Kier molecular flexibility index (Phi) is 4.21. The number of aromatic nitrogens is 1. The van der Waals surface area contributed by atoms with Gasteiger partial charge in [-0.3, -0.25) is 9.59 Å². The maximum atomic E-state index is 12.8. The molecule has 0 atom stereocenters. The van der Waals surface area contributed by atoms with E-state index in [0.717, 1.165) is 23.7 Å². The standard InChI is InChI=1S/C21H21N3O2/c22-20(25)13-9-11-14(12-10-13)23-21(26)17-7-4-6-16-15-5-2-1-3-8-18(15)24-19(16)17/h4,6-7,9-12,24H,1-3,5,8H2,(H2,22,25)(H,23,26). The number of fused-ring (bicyclic) bond motifs is 3. The molecule has 3 aromatic rings. The van der Waals surface area contributed by atoms with E-state index in [1.54, 1.807) is 24.3 Å². The van der Waals surface area contributed by atoms with Gasteiger partial charge in [0.1, 0.15) is 0 Å². The Morgan fingerprint density at radius 1 is 0.962 bits per heavy atom. The van der Waals surface area contributed by atoms with E-state index in [-0.39, 0.29) is 5.91 Å². The van der Waals surface area contributed by atoms with Crippen LogP contribution < -0.4 is 11.1 Å². The van der Waals surface area contributed by atoms with Gasteiger partial charge in [-0.2, -0.15) is 0 Å². The fourth-order valence-corrected chi connectivity index (χ4v) is 3.71. The van der Waals surface area contributed by atoms with Crippen molar-refractivity contribution >= 4 is 28.4 Å². The molecular formula is C21H21N3O2. The van der Waals surface area contributed by atoms with Crippen molar-refractivity contribution in [3.05, 3.63) is 64.8 Å². The van der Waals surface area contributed by atoms with Gasteiger partial charge in [0.2, 0.25) is 5.91 Å². The van der Waals surface area contributed by atoms with Gasteiger partial charge in [-0.25, -0.2) is 0 Å². The number of para-hydroxylation sites is 1. The first-order chi connectivity index (χ1) is 12.6. The molecule has 1 aliphatic carbocycles. The van der Waals surface area contributed by atoms with E-state index in [9.17, 15) is 9.59 Å². The average Bonchev–Trinajstić information content (AvgIpc) is 2.83. The summed E-state index contributed by atoms with van der Waals surface area (Å²) in [6, 6.07) is 12.4. The average molecular weight is 347 g/mol. The minimum absolute atomic E-state index is 0.168. The van der Waals surface area contributed by atoms with Gasteiger partial charge in [0, 0.05) is 22.3 Å². The number of hydrogen-bond donors (Lipinski definition) is 3. The van der Waals surface area contributed by atoms with Gasteiger partial charge < -0.3 is 16.0 Å². The van der Waals surface area contributed by atoms with Crippen LogP contribution in [0.15, 0.2) is 42.5 Å². The Labute approximate surface area is 151 Å². The van der Waals surface area contributed by atoms with Crippen LogP contribution in [-0.2, 0) is 12.8 Å². The lowest BCUT2D eigenvalue weighted by atomic mass is 10.0. The summed E-state index contributed by atoms with van der Waals surface area (Å²) < 4.78 is 0. The third-order valence-corrected chi connectivity index (χ3v) is 5.06. The largest absolute Gasteiger partial charge is 0.366 e. The third kappa shape index (κ3) is 2.96. The number of rotatable bonds is 3. The highest BCUT2D eigenvalue weighted by molar-refractivity contribution is 6.12. The second-order valence-electron chi connectivity index (χ2n) is 6.77. The van der Waals surface area contributed by atoms with E-state index in [2.05, 4.69) is 16.4 Å². The third-order valence-electron chi connectivity index (χ3n) is 5.06. The van der Waals surface area contributed by atoms with Gasteiger partial charge in [-0.15, -0.1) is 0 Å². The van der Waals surface area contributed by atoms with Crippen molar-refractivity contribution in [3.8, 4) is 0 Å². The molecule has 4 rings (SSSR count). The van der Waals surface area contributed by atoms with Crippen molar-refractivity contribution in [1.29, 1.82) is 0 Å². The van der Waals surface area contributed by atoms with Crippen LogP contribution in [-0.4, -0.2) is 16.8 Å². The molecular weight excluding hydrogens is 326 g/mol. The number of aryl methyl sites for hydroxylation is 2. The molecule has 5 heteroatoms. The first kappa shape index (κ1) is 16.4. The van der Waals surface area contributed by atoms with Crippen LogP contribution in [0.4, 0.5) is 5.69 Å². The Hall–Kier alpha value is -3.08. The zero-order valence-corrected chi connectivity index (χ0v) is 14.5. The molecule has 0 fully saturated rings. The summed E-state index contributed by atoms with van der Waals surface area (Å²) in [4.78, 5) is 27.5. The van der Waals surface area contributed by atoms with Crippen LogP contribution >= 0.6 is 0 Å². The highest BCUT2D eigenvalue weighted by Gasteiger charge is 2.18. The van der Waals surface area contributed by atoms with Crippen molar-refractivity contribution in [2.24, 2.45) is 5.73 Å². The minimum atomic E-state index is -0.486. The number of amides is 2. The van der Waals surface area contributed by atoms with Crippen LogP contribution in [0.25, 0.3) is 10.9 Å². The molecule has 1 aliphatic rings. The summed E-state index contributed by atoms with van der Waals surface area (Å²) in [5.74, 6) is -0.653. The summed E-state index contributed by atoms with van der Waals surface area (Å²) in [6.07, 6.45) is 5.75. The molecule has 2 aromatic carbocycles. The van der Waals surface area contributed by atoms with Crippen molar-refractivity contribution in [1.82, 2.24) is 4.98 Å². The predicted octanol–water partition coefficient (Wildman–Crippen LogP) is 3.79. The number of hydrogen-bond acceptors (Lipinski definition) is 2. The highest BCUT2D eigenvalue weighted by Crippen LogP contribution is 2.30. The molecule has 0 spiro atoms. The molecule has 0 unspecified atom stereocenters. The van der Waals surface area contributed by atoms with Crippen molar-refractivity contribution < 1.29 is 9.59 Å². The first-order valence-electron chi connectivity index (χ1n) is 8.97. The van der Waals surface area contributed by atoms with E-state index in [1.165, 1.54) is 30.5 Å². The number of primary amides is 1. The SMILES string of the molecule is NC(=O)c1ccc(NC(=O)c2cccc3c4c([nH]c23)CCCCC4)cc1. The number of anilines is 1. The van der Waals surface area contributed by atoms with Crippen LogP contribution in [0.1, 0.15) is 51.2 Å². The van der Waals surface area contributed by atoms with E-state index in [4.69, 9.17) is 5.73 Å². The summed E-state index contributed by atoms with van der Waals surface area (Å²) >= 11 is 0. The number of nitrogens with one attached hydrogen (secondary N) is 2. The Morgan fingerprint density at radius 2 is 1.73 bits per heavy atom. The maximum absolute atomic E-state index is 12.8. The highest BCUT2D eigenvalue weighted by atomic mass is 16.2. The second-order valence-corrected chi connectivity index (χ2v) is 6.77. The summed E-state index contributed by atoms with van der Waals surface area (Å²) in [5.41, 5.74) is 10.5. The molecule has 0 radical (unpaired) electrons. The zero-order chi connectivity index (χ0) is 18.1. The molecule has 26 heavy (non-hydrogen) atoms. The molecule has 0 saturated carbocycles. The fraction of sp³-hybridized carbons (Fsp3) is 0.238. The molecule has 1 aromatic heterocycles. The Morgan fingerprint density at radius 3 is 2.50 bits per heavy atom. The lowest BCUT2D eigenvalue weighted by Crippen LogP contribution is -2.13. The number of aromatic amines is 1. The van der Waals surface area contributed by atoms with Crippen molar-refractivity contribution in [3.63, 3.8) is 0 Å². The molecule has 0 aliphatic heterocycles. The van der Waals surface area contributed by atoms with Gasteiger partial charge in [0.05, 0.1) is 11.1 Å². The zero-order valence-electron chi connectivity index (χ0n) is 14.5. The van der Waals surface area contributed by atoms with E-state index in [0.29, 0.717) is 16.8 Å². The summed E-state index contributed by atoms with van der Waals surface area (Å²) in [7, 11) is 0. The molecule has 0 bridgehead atoms. The topological polar surface area (TPSA) is 88.0 Å². The first-order valence-corrected chi connectivity index (χ1v) is 8.97. The number of benzene rings is 2. The quantitative estimate of drug-likeness (QED) is 0.629. The molecule has 0 saturated heterocycles. The molecule has 1 heterocycles. The van der Waals surface area contributed by atoms with Gasteiger partial charge in [-0.05, 0) is 61.6 Å². The van der Waals surface area contributed by atoms with E-state index >= 15 is 0 Å². The van der Waals surface area contributed by atoms with Crippen LogP contribution in [0.2, 0.25) is 0 Å². The molecule has 132 valence electrons. The van der Waals surface area contributed by atoms with Crippen LogP contribution in [0.3, 0.4) is 0 Å². The van der Waals surface area contributed by atoms with Crippen molar-refractivity contribution in [2.45, 2.75) is 32.1 Å². The monoisotopic (exact) mass is 347 g/mol. The van der Waals surface area contributed by atoms with Crippen molar-refractivity contribution in [2.75, 3.05) is 5.32 Å². The minimum Gasteiger partial charge on any atom is -0.366 e. The van der Waals surface area contributed by atoms with E-state index in [1.807, 2.05) is 12.1 Å². The predicted molar refractivity (Wildman–Crippen MR) is 102 cm³/mol. The Bertz CT molecular complexity index is 986. The van der Waals surface area contributed by atoms with Gasteiger partial charge >= 0.3 is 0 Å². The number of carbonyl (C=O) groups is 2. The van der Waals surface area contributed by atoms with Gasteiger partial charge in [-0.1, -0.05) is 18.6 Å². The molecule has 5 nitrogen and oxygen atoms in total. The van der Waals surface area contributed by atoms with E-state index < -0.39 is 5.91 Å². The van der Waals surface area contributed by atoms with Gasteiger partial charge in [0.15, 0.2) is 0 Å². The fourth-order valence-electron chi connectivity index (χ4n) is 3.71. The smallest absolute Gasteiger partial charge is 0.257 e. The Balaban J connectivity index is 1.65. The lowest BCUT2D eigenvalue weighted by molar-refractivity contribution is 0.0998. The van der Waals surface area contributed by atoms with Crippen LogP contribution in [0, 0.1) is 0 Å². The normalized spacial score (nSPS) is 13.8. The second kappa shape index (κ2) is 6.67.